The van der Waals surface area contributed by atoms with E-state index in [-0.39, 0.29) is 18.0 Å². The number of carbonyl (C=O) groups excluding carboxylic acids is 1. The van der Waals surface area contributed by atoms with Gasteiger partial charge in [0.05, 0.1) is 6.04 Å². The van der Waals surface area contributed by atoms with Crippen molar-refractivity contribution in [2.75, 3.05) is 0 Å². The molecule has 0 aromatic carbocycles. The number of amides is 1. The number of carbonyl (C=O) groups is 1. The molecule has 0 aromatic heterocycles. The van der Waals surface area contributed by atoms with Crippen molar-refractivity contribution in [3.05, 3.63) is 0 Å². The molecule has 2 N–H and O–H groups in total. The van der Waals surface area contributed by atoms with Gasteiger partial charge in [-0.3, -0.25) is 4.79 Å². The second-order valence-electron chi connectivity index (χ2n) is 5.95. The van der Waals surface area contributed by atoms with Crippen molar-refractivity contribution in [1.82, 2.24) is 10.6 Å². The molecule has 3 heteroatoms. The third kappa shape index (κ3) is 4.97. The van der Waals surface area contributed by atoms with Crippen molar-refractivity contribution in [2.24, 2.45) is 5.92 Å². The molecule has 1 saturated carbocycles. The molecule has 1 aliphatic rings. The zero-order chi connectivity index (χ0) is 13.5. The third-order valence-electron chi connectivity index (χ3n) is 4.08. The van der Waals surface area contributed by atoms with Gasteiger partial charge in [-0.2, -0.15) is 0 Å². The molecule has 0 bridgehead atoms. The van der Waals surface area contributed by atoms with E-state index in [0.29, 0.717) is 12.0 Å². The van der Waals surface area contributed by atoms with Gasteiger partial charge in [-0.05, 0) is 39.0 Å². The first kappa shape index (κ1) is 15.5. The highest BCUT2D eigenvalue weighted by Gasteiger charge is 2.25. The molecule has 18 heavy (non-hydrogen) atoms. The van der Waals surface area contributed by atoms with Gasteiger partial charge in [0, 0.05) is 12.1 Å². The maximum atomic E-state index is 12.0. The molecule has 1 aliphatic carbocycles. The smallest absolute Gasteiger partial charge is 0.237 e. The molecule has 106 valence electrons. The van der Waals surface area contributed by atoms with Crippen LogP contribution in [0, 0.1) is 5.92 Å². The zero-order valence-corrected chi connectivity index (χ0v) is 12.5. The summed E-state index contributed by atoms with van der Waals surface area (Å²) < 4.78 is 0. The predicted octanol–water partition coefficient (Wildman–Crippen LogP) is 2.85. The van der Waals surface area contributed by atoms with Crippen LogP contribution in [0.4, 0.5) is 0 Å². The molecule has 1 rings (SSSR count). The molecule has 3 nitrogen and oxygen atoms in total. The van der Waals surface area contributed by atoms with Gasteiger partial charge in [0.25, 0.3) is 0 Å². The van der Waals surface area contributed by atoms with Crippen LogP contribution in [0.5, 0.6) is 0 Å². The summed E-state index contributed by atoms with van der Waals surface area (Å²) in [5, 5.41) is 6.59. The summed E-state index contributed by atoms with van der Waals surface area (Å²) in [6, 6.07) is 0.728. The van der Waals surface area contributed by atoms with Crippen molar-refractivity contribution in [2.45, 2.75) is 84.3 Å². The van der Waals surface area contributed by atoms with E-state index in [0.717, 1.165) is 12.8 Å². The molecule has 0 radical (unpaired) electrons. The first-order chi connectivity index (χ1) is 8.54. The van der Waals surface area contributed by atoms with E-state index in [1.165, 1.54) is 25.7 Å². The largest absolute Gasteiger partial charge is 0.352 e. The van der Waals surface area contributed by atoms with E-state index >= 15 is 0 Å². The van der Waals surface area contributed by atoms with Crippen molar-refractivity contribution < 1.29 is 4.79 Å². The van der Waals surface area contributed by atoms with Crippen LogP contribution in [0.15, 0.2) is 0 Å². The van der Waals surface area contributed by atoms with Crippen LogP contribution in [0.1, 0.15) is 66.2 Å². The third-order valence-corrected chi connectivity index (χ3v) is 4.08. The molecule has 1 fully saturated rings. The van der Waals surface area contributed by atoms with Crippen LogP contribution in [-0.4, -0.2) is 24.0 Å². The lowest BCUT2D eigenvalue weighted by atomic mass is 9.85. The number of nitrogens with one attached hydrogen (secondary N) is 2. The summed E-state index contributed by atoms with van der Waals surface area (Å²) in [6.45, 7) is 8.50. The lowest BCUT2D eigenvalue weighted by Gasteiger charge is -2.32. The lowest BCUT2D eigenvalue weighted by Crippen LogP contribution is -2.51. The summed E-state index contributed by atoms with van der Waals surface area (Å²) in [4.78, 5) is 12.0. The highest BCUT2D eigenvalue weighted by Crippen LogP contribution is 2.23. The molecule has 0 aliphatic heterocycles. The van der Waals surface area contributed by atoms with Crippen molar-refractivity contribution in [1.29, 1.82) is 0 Å². The average Bonchev–Trinajstić information content (AvgIpc) is 2.32. The van der Waals surface area contributed by atoms with Crippen molar-refractivity contribution in [3.63, 3.8) is 0 Å². The fourth-order valence-corrected chi connectivity index (χ4v) is 2.83. The monoisotopic (exact) mass is 254 g/mol. The zero-order valence-electron chi connectivity index (χ0n) is 12.5. The second kappa shape index (κ2) is 7.78. The van der Waals surface area contributed by atoms with Gasteiger partial charge < -0.3 is 10.6 Å². The Hall–Kier alpha value is -0.570. The summed E-state index contributed by atoms with van der Waals surface area (Å²) in [5.74, 6) is 0.843. The number of hydrogen-bond donors (Lipinski definition) is 2. The van der Waals surface area contributed by atoms with Gasteiger partial charge in [-0.1, -0.05) is 33.1 Å². The Morgan fingerprint density at radius 3 is 2.56 bits per heavy atom. The van der Waals surface area contributed by atoms with Crippen LogP contribution in [-0.2, 0) is 4.79 Å². The van der Waals surface area contributed by atoms with Gasteiger partial charge in [0.1, 0.15) is 0 Å². The fraction of sp³-hybridized carbons (Fsp3) is 0.933. The van der Waals surface area contributed by atoms with E-state index in [1.54, 1.807) is 0 Å². The van der Waals surface area contributed by atoms with Crippen LogP contribution in [0.3, 0.4) is 0 Å². The van der Waals surface area contributed by atoms with E-state index in [4.69, 9.17) is 0 Å². The Morgan fingerprint density at radius 1 is 1.28 bits per heavy atom. The number of rotatable bonds is 6. The summed E-state index contributed by atoms with van der Waals surface area (Å²) in [6.07, 6.45) is 7.30. The molecule has 4 atom stereocenters. The normalized spacial score (nSPS) is 27.6. The molecule has 0 spiro atoms. The van der Waals surface area contributed by atoms with E-state index < -0.39 is 0 Å². The molecular formula is C15H30N2O. The summed E-state index contributed by atoms with van der Waals surface area (Å²) in [7, 11) is 0. The van der Waals surface area contributed by atoms with Gasteiger partial charge in [-0.25, -0.2) is 0 Å². The Balaban J connectivity index is 2.34. The van der Waals surface area contributed by atoms with Gasteiger partial charge in [-0.15, -0.1) is 0 Å². The molecule has 0 saturated heterocycles. The van der Waals surface area contributed by atoms with E-state index in [1.807, 2.05) is 6.92 Å². The van der Waals surface area contributed by atoms with Crippen molar-refractivity contribution in [3.8, 4) is 0 Å². The first-order valence-corrected chi connectivity index (χ1v) is 7.61. The second-order valence-corrected chi connectivity index (χ2v) is 5.95. The van der Waals surface area contributed by atoms with Gasteiger partial charge in [0.15, 0.2) is 0 Å². The molecule has 4 unspecified atom stereocenters. The van der Waals surface area contributed by atoms with Crippen LogP contribution in [0.25, 0.3) is 0 Å². The molecular weight excluding hydrogens is 224 g/mol. The minimum Gasteiger partial charge on any atom is -0.352 e. The summed E-state index contributed by atoms with van der Waals surface area (Å²) in [5.41, 5.74) is 0. The maximum absolute atomic E-state index is 12.0. The van der Waals surface area contributed by atoms with E-state index in [9.17, 15) is 4.79 Å². The Morgan fingerprint density at radius 2 is 1.94 bits per heavy atom. The molecule has 0 heterocycles. The SMILES string of the molecule is CCCC(C)NC(=O)C(C)NC1CCCCC1C. The Labute approximate surface area is 112 Å². The highest BCUT2D eigenvalue weighted by atomic mass is 16.2. The van der Waals surface area contributed by atoms with Gasteiger partial charge >= 0.3 is 0 Å². The topological polar surface area (TPSA) is 41.1 Å². The lowest BCUT2D eigenvalue weighted by molar-refractivity contribution is -0.123. The van der Waals surface area contributed by atoms with Crippen LogP contribution < -0.4 is 10.6 Å². The minimum absolute atomic E-state index is 0.0742. The summed E-state index contributed by atoms with van der Waals surface area (Å²) >= 11 is 0. The molecule has 0 aromatic rings. The number of hydrogen-bond acceptors (Lipinski definition) is 2. The van der Waals surface area contributed by atoms with Crippen LogP contribution >= 0.6 is 0 Å². The maximum Gasteiger partial charge on any atom is 0.237 e. The fourth-order valence-electron chi connectivity index (χ4n) is 2.83. The van der Waals surface area contributed by atoms with E-state index in [2.05, 4.69) is 31.4 Å². The predicted molar refractivity (Wildman–Crippen MR) is 76.5 cm³/mol. The average molecular weight is 254 g/mol. The standard InChI is InChI=1S/C15H30N2O/c1-5-8-12(3)16-15(18)13(4)17-14-10-7-6-9-11(14)2/h11-14,17H,5-10H2,1-4H3,(H,16,18). The Bertz CT molecular complexity index is 255. The Kier molecular flexibility index (Phi) is 6.69. The van der Waals surface area contributed by atoms with Gasteiger partial charge in [0.2, 0.25) is 5.91 Å². The van der Waals surface area contributed by atoms with Crippen molar-refractivity contribution >= 4 is 5.91 Å². The minimum atomic E-state index is -0.0742. The van der Waals surface area contributed by atoms with Crippen LogP contribution in [0.2, 0.25) is 0 Å². The first-order valence-electron chi connectivity index (χ1n) is 7.61. The highest BCUT2D eigenvalue weighted by molar-refractivity contribution is 5.81. The quantitative estimate of drug-likeness (QED) is 0.765. The molecule has 1 amide bonds.